The number of imidazole rings is 1. The van der Waals surface area contributed by atoms with Crippen molar-refractivity contribution in [2.45, 2.75) is 6.92 Å². The lowest BCUT2D eigenvalue weighted by Crippen LogP contribution is -2.25. The lowest BCUT2D eigenvalue weighted by Gasteiger charge is -2.04. The number of carbonyl (C=O) groups excluding carboxylic acids is 1. The van der Waals surface area contributed by atoms with Crippen LogP contribution in [-0.2, 0) is 9.53 Å². The van der Waals surface area contributed by atoms with E-state index in [2.05, 4.69) is 16.9 Å². The molecule has 2 aromatic rings. The van der Waals surface area contributed by atoms with Gasteiger partial charge in [-0.3, -0.25) is 9.20 Å². The molecule has 21 heavy (non-hydrogen) atoms. The molecule has 0 aliphatic carbocycles. The molecule has 2 aromatic heterocycles. The lowest BCUT2D eigenvalue weighted by atomic mass is 10.4. The number of amides is 1. The van der Waals surface area contributed by atoms with Gasteiger partial charge in [-0.2, -0.15) is 0 Å². The summed E-state index contributed by atoms with van der Waals surface area (Å²) >= 11 is 7.52. The van der Waals surface area contributed by atoms with Crippen molar-refractivity contribution in [3.8, 4) is 0 Å². The first-order chi connectivity index (χ1) is 10.1. The number of rotatable bonds is 7. The summed E-state index contributed by atoms with van der Waals surface area (Å²) in [5.41, 5.74) is 1.65. The fourth-order valence-electron chi connectivity index (χ4n) is 1.63. The molecule has 7 heteroatoms. The van der Waals surface area contributed by atoms with Gasteiger partial charge in [-0.25, -0.2) is 4.98 Å². The summed E-state index contributed by atoms with van der Waals surface area (Å²) < 4.78 is 7.13. The second-order valence-electron chi connectivity index (χ2n) is 4.48. The van der Waals surface area contributed by atoms with Gasteiger partial charge in [0, 0.05) is 24.2 Å². The number of nitrogens with zero attached hydrogens (tertiary/aromatic N) is 2. The molecule has 0 bridgehead atoms. The Labute approximate surface area is 131 Å². The molecule has 0 atom stereocenters. The van der Waals surface area contributed by atoms with Crippen LogP contribution in [-0.4, -0.2) is 35.1 Å². The van der Waals surface area contributed by atoms with Crippen LogP contribution in [0.3, 0.4) is 0 Å². The quantitative estimate of drug-likeness (QED) is 0.484. The second-order valence-corrected chi connectivity index (χ2v) is 5.71. The molecule has 1 N–H and O–H groups in total. The van der Waals surface area contributed by atoms with Crippen LogP contribution in [0.5, 0.6) is 0 Å². The van der Waals surface area contributed by atoms with E-state index >= 15 is 0 Å². The summed E-state index contributed by atoms with van der Waals surface area (Å²) in [6.07, 6.45) is 4.95. The number of aromatic nitrogens is 2. The van der Waals surface area contributed by atoms with E-state index in [-0.39, 0.29) is 5.91 Å². The smallest absolute Gasteiger partial charge is 0.244 e. The summed E-state index contributed by atoms with van der Waals surface area (Å²) in [6, 6.07) is 0. The first-order valence-electron chi connectivity index (χ1n) is 6.37. The fourth-order valence-corrected chi connectivity index (χ4v) is 2.64. The minimum Gasteiger partial charge on any atom is -0.375 e. The molecule has 0 radical (unpaired) electrons. The van der Waals surface area contributed by atoms with Crippen molar-refractivity contribution in [3.05, 3.63) is 40.7 Å². The average Bonchev–Trinajstić information content (AvgIpc) is 2.96. The van der Waals surface area contributed by atoms with Crippen LogP contribution in [0.15, 0.2) is 29.8 Å². The molecule has 0 spiro atoms. The molecule has 5 nitrogen and oxygen atoms in total. The Balaban J connectivity index is 1.83. The second kappa shape index (κ2) is 7.40. The normalized spacial score (nSPS) is 11.3. The van der Waals surface area contributed by atoms with Gasteiger partial charge in [0.25, 0.3) is 0 Å². The Hall–Kier alpha value is -1.63. The highest BCUT2D eigenvalue weighted by molar-refractivity contribution is 7.15. The Bertz CT molecular complexity index is 675. The third kappa shape index (κ3) is 4.42. The Morgan fingerprint density at radius 1 is 1.67 bits per heavy atom. The molecule has 112 valence electrons. The molecular formula is C14H16ClN3O2S. The van der Waals surface area contributed by atoms with Crippen LogP contribution in [0.1, 0.15) is 12.6 Å². The highest BCUT2D eigenvalue weighted by Crippen LogP contribution is 2.22. The molecule has 0 aliphatic heterocycles. The number of halogens is 1. The van der Waals surface area contributed by atoms with E-state index in [1.165, 1.54) is 17.4 Å². The van der Waals surface area contributed by atoms with Gasteiger partial charge >= 0.3 is 0 Å². The minimum absolute atomic E-state index is 0.199. The lowest BCUT2D eigenvalue weighted by molar-refractivity contribution is -0.116. The predicted octanol–water partition coefficient (Wildman–Crippen LogP) is 2.77. The number of carbonyl (C=O) groups is 1. The zero-order valence-electron chi connectivity index (χ0n) is 11.6. The number of hydrogen-bond acceptors (Lipinski definition) is 4. The van der Waals surface area contributed by atoms with Gasteiger partial charge in [0.05, 0.1) is 18.9 Å². The number of hydrogen-bond donors (Lipinski definition) is 1. The standard InChI is InChI=1S/C14H16ClN3O2S/c1-10(2)9-20-7-5-16-12(19)4-3-11-13(15)17-14-18(11)6-8-21-14/h3-4,6,8H,1,5,7,9H2,2H3,(H,16,19)/b4-3+. The first-order valence-corrected chi connectivity index (χ1v) is 7.63. The molecule has 0 saturated carbocycles. The first kappa shape index (κ1) is 15.8. The van der Waals surface area contributed by atoms with Crippen molar-refractivity contribution in [3.63, 3.8) is 0 Å². The summed E-state index contributed by atoms with van der Waals surface area (Å²) in [5, 5.41) is 5.03. The van der Waals surface area contributed by atoms with Crippen molar-refractivity contribution in [1.29, 1.82) is 0 Å². The van der Waals surface area contributed by atoms with E-state index in [0.717, 1.165) is 10.5 Å². The molecular weight excluding hydrogens is 310 g/mol. The van der Waals surface area contributed by atoms with Crippen molar-refractivity contribution < 1.29 is 9.53 Å². The highest BCUT2D eigenvalue weighted by Gasteiger charge is 2.08. The van der Waals surface area contributed by atoms with Gasteiger partial charge in [-0.1, -0.05) is 23.8 Å². The van der Waals surface area contributed by atoms with Gasteiger partial charge < -0.3 is 10.1 Å². The van der Waals surface area contributed by atoms with Crippen molar-refractivity contribution in [1.82, 2.24) is 14.7 Å². The number of nitrogens with one attached hydrogen (secondary N) is 1. The van der Waals surface area contributed by atoms with Crippen LogP contribution in [0.4, 0.5) is 0 Å². The molecule has 1 amide bonds. The fraction of sp³-hybridized carbons (Fsp3) is 0.286. The summed E-state index contributed by atoms with van der Waals surface area (Å²) in [5.74, 6) is -0.199. The molecule has 0 fully saturated rings. The van der Waals surface area contributed by atoms with Crippen molar-refractivity contribution >= 4 is 39.9 Å². The summed E-state index contributed by atoms with van der Waals surface area (Å²) in [4.78, 5) is 16.7. The summed E-state index contributed by atoms with van der Waals surface area (Å²) in [6.45, 7) is 7.03. The Morgan fingerprint density at radius 2 is 2.48 bits per heavy atom. The van der Waals surface area contributed by atoms with E-state index in [1.807, 2.05) is 22.9 Å². The molecule has 0 unspecified atom stereocenters. The Morgan fingerprint density at radius 3 is 3.24 bits per heavy atom. The van der Waals surface area contributed by atoms with Crippen LogP contribution in [0.25, 0.3) is 11.0 Å². The molecule has 0 aliphatic rings. The van der Waals surface area contributed by atoms with Gasteiger partial charge in [0.1, 0.15) is 0 Å². The molecule has 2 rings (SSSR count). The minimum atomic E-state index is -0.199. The van der Waals surface area contributed by atoms with Crippen molar-refractivity contribution in [2.75, 3.05) is 19.8 Å². The van der Waals surface area contributed by atoms with E-state index in [0.29, 0.717) is 30.6 Å². The van der Waals surface area contributed by atoms with E-state index in [9.17, 15) is 4.79 Å². The maximum Gasteiger partial charge on any atom is 0.244 e. The largest absolute Gasteiger partial charge is 0.375 e. The maximum absolute atomic E-state index is 11.7. The van der Waals surface area contributed by atoms with Crippen molar-refractivity contribution in [2.24, 2.45) is 0 Å². The van der Waals surface area contributed by atoms with E-state index < -0.39 is 0 Å². The van der Waals surface area contributed by atoms with Gasteiger partial charge in [0.2, 0.25) is 5.91 Å². The number of fused-ring (bicyclic) bond motifs is 1. The third-order valence-corrected chi connectivity index (χ3v) is 3.58. The van der Waals surface area contributed by atoms with Crippen LogP contribution < -0.4 is 5.32 Å². The average molecular weight is 326 g/mol. The van der Waals surface area contributed by atoms with E-state index in [4.69, 9.17) is 16.3 Å². The molecule has 0 aromatic carbocycles. The molecule has 2 heterocycles. The van der Waals surface area contributed by atoms with Gasteiger partial charge in [0.15, 0.2) is 10.1 Å². The van der Waals surface area contributed by atoms with Gasteiger partial charge in [-0.15, -0.1) is 11.3 Å². The third-order valence-electron chi connectivity index (χ3n) is 2.54. The van der Waals surface area contributed by atoms with Gasteiger partial charge in [-0.05, 0) is 13.0 Å². The number of thiazole rings is 1. The summed E-state index contributed by atoms with van der Waals surface area (Å²) in [7, 11) is 0. The van der Waals surface area contributed by atoms with Crippen LogP contribution in [0.2, 0.25) is 5.15 Å². The zero-order chi connectivity index (χ0) is 15.2. The zero-order valence-corrected chi connectivity index (χ0v) is 13.2. The topological polar surface area (TPSA) is 55.6 Å². The highest BCUT2D eigenvalue weighted by atomic mass is 35.5. The monoisotopic (exact) mass is 325 g/mol. The number of ether oxygens (including phenoxy) is 1. The maximum atomic E-state index is 11.7. The van der Waals surface area contributed by atoms with E-state index in [1.54, 1.807) is 6.08 Å². The Kier molecular flexibility index (Phi) is 5.55. The SMILES string of the molecule is C=C(C)COCCNC(=O)/C=C/c1c(Cl)nc2sccn12. The van der Waals surface area contributed by atoms with Crippen LogP contribution in [0, 0.1) is 0 Å². The predicted molar refractivity (Wildman–Crippen MR) is 85.8 cm³/mol. The van der Waals surface area contributed by atoms with Crippen LogP contribution >= 0.6 is 22.9 Å². The molecule has 0 saturated heterocycles.